The molecule has 2 unspecified atom stereocenters. The molecular formula is C30H50O2. The lowest BCUT2D eigenvalue weighted by molar-refractivity contribution is -0.161. The van der Waals surface area contributed by atoms with Crippen LogP contribution in [0, 0.1) is 50.7 Å². The van der Waals surface area contributed by atoms with Gasteiger partial charge >= 0.3 is 0 Å². The second kappa shape index (κ2) is 7.09. The van der Waals surface area contributed by atoms with E-state index in [0.717, 1.165) is 42.6 Å². The SMILES string of the molecule is C=C(C)C(O)CC[C@@H](C)[C@H]1CC[C@@]2(C)[C@@H]3CCC4C(C)(C)[C@@H](O)CC[C@@]45C[C@@]35CC[C@]12C. The van der Waals surface area contributed by atoms with Crippen molar-refractivity contribution in [2.75, 3.05) is 0 Å². The van der Waals surface area contributed by atoms with E-state index in [2.05, 4.69) is 41.2 Å². The number of rotatable bonds is 5. The summed E-state index contributed by atoms with van der Waals surface area (Å²) < 4.78 is 0. The molecule has 0 amide bonds. The Balaban J connectivity index is 1.39. The number of hydrogen-bond acceptors (Lipinski definition) is 2. The molecule has 0 aromatic rings. The van der Waals surface area contributed by atoms with Gasteiger partial charge < -0.3 is 10.2 Å². The molecule has 0 heterocycles. The third kappa shape index (κ3) is 2.72. The van der Waals surface area contributed by atoms with Crippen molar-refractivity contribution in [3.63, 3.8) is 0 Å². The molecule has 0 bridgehead atoms. The molecular weight excluding hydrogens is 392 g/mol. The third-order valence-electron chi connectivity index (χ3n) is 13.3. The topological polar surface area (TPSA) is 40.5 Å². The zero-order valence-electron chi connectivity index (χ0n) is 21.8. The lowest BCUT2D eigenvalue weighted by atomic mass is 9.41. The molecule has 5 saturated carbocycles. The smallest absolute Gasteiger partial charge is 0.0744 e. The van der Waals surface area contributed by atoms with Gasteiger partial charge in [0.15, 0.2) is 0 Å². The summed E-state index contributed by atoms with van der Waals surface area (Å²) in [6.07, 6.45) is 13.7. The summed E-state index contributed by atoms with van der Waals surface area (Å²) >= 11 is 0. The number of aliphatic hydroxyl groups excluding tert-OH is 2. The Morgan fingerprint density at radius 2 is 1.53 bits per heavy atom. The standard InChI is InChI=1S/C30H50O2/c1-19(2)22(31)9-8-20(3)21-12-14-28(7)24-11-10-23-26(4,5)25(32)13-15-29(23)18-30(24,29)17-16-27(21,28)6/h20-25,31-32H,1,8-18H2,2-7H3/t20-,21-,22?,23?,24+,25+,27-,28+,29-,30+/m1/s1. The van der Waals surface area contributed by atoms with Crippen molar-refractivity contribution in [1.82, 2.24) is 0 Å². The zero-order valence-corrected chi connectivity index (χ0v) is 21.8. The summed E-state index contributed by atoms with van der Waals surface area (Å²) in [6.45, 7) is 18.5. The van der Waals surface area contributed by atoms with Crippen LogP contribution in [0.3, 0.4) is 0 Å². The van der Waals surface area contributed by atoms with Crippen LogP contribution >= 0.6 is 0 Å². The minimum absolute atomic E-state index is 0.0885. The average molecular weight is 443 g/mol. The van der Waals surface area contributed by atoms with Gasteiger partial charge in [-0.15, -0.1) is 0 Å². The Morgan fingerprint density at radius 3 is 2.22 bits per heavy atom. The quantitative estimate of drug-likeness (QED) is 0.444. The Morgan fingerprint density at radius 1 is 0.875 bits per heavy atom. The second-order valence-electron chi connectivity index (χ2n) is 14.4. The fourth-order valence-electron chi connectivity index (χ4n) is 11.2. The minimum Gasteiger partial charge on any atom is -0.393 e. The highest BCUT2D eigenvalue weighted by atomic mass is 16.3. The molecule has 2 spiro atoms. The first-order chi connectivity index (χ1) is 14.9. The van der Waals surface area contributed by atoms with Gasteiger partial charge in [0.2, 0.25) is 0 Å². The van der Waals surface area contributed by atoms with E-state index in [0.29, 0.717) is 27.6 Å². The van der Waals surface area contributed by atoms with E-state index in [1.165, 1.54) is 51.4 Å². The van der Waals surface area contributed by atoms with Gasteiger partial charge in [-0.1, -0.05) is 46.8 Å². The van der Waals surface area contributed by atoms with Crippen LogP contribution in [0.1, 0.15) is 112 Å². The monoisotopic (exact) mass is 442 g/mol. The average Bonchev–Trinajstić information content (AvgIpc) is 3.31. The number of aliphatic hydroxyl groups is 2. The van der Waals surface area contributed by atoms with Gasteiger partial charge in [-0.05, 0) is 128 Å². The molecule has 2 heteroatoms. The molecule has 0 aromatic heterocycles. The summed E-state index contributed by atoms with van der Waals surface area (Å²) in [6, 6.07) is 0. The van der Waals surface area contributed by atoms with E-state index < -0.39 is 0 Å². The van der Waals surface area contributed by atoms with Crippen LogP contribution in [0.4, 0.5) is 0 Å². The van der Waals surface area contributed by atoms with E-state index in [9.17, 15) is 10.2 Å². The normalized spacial score (nSPS) is 52.8. The van der Waals surface area contributed by atoms with Crippen molar-refractivity contribution in [2.45, 2.75) is 124 Å². The molecule has 5 rings (SSSR count). The molecule has 0 radical (unpaired) electrons. The number of hydrogen-bond donors (Lipinski definition) is 2. The van der Waals surface area contributed by atoms with Crippen molar-refractivity contribution < 1.29 is 10.2 Å². The summed E-state index contributed by atoms with van der Waals surface area (Å²) in [5.74, 6) is 3.08. The molecule has 32 heavy (non-hydrogen) atoms. The van der Waals surface area contributed by atoms with Crippen molar-refractivity contribution in [3.05, 3.63) is 12.2 Å². The highest BCUT2D eigenvalue weighted by Gasteiger charge is 2.82. The maximum absolute atomic E-state index is 10.8. The highest BCUT2D eigenvalue weighted by molar-refractivity contribution is 5.30. The van der Waals surface area contributed by atoms with E-state index in [1.807, 2.05) is 6.92 Å². The van der Waals surface area contributed by atoms with Crippen molar-refractivity contribution in [3.8, 4) is 0 Å². The van der Waals surface area contributed by atoms with Gasteiger partial charge in [0.05, 0.1) is 12.2 Å². The van der Waals surface area contributed by atoms with Gasteiger partial charge in [0.1, 0.15) is 0 Å². The van der Waals surface area contributed by atoms with Gasteiger partial charge in [-0.25, -0.2) is 0 Å². The van der Waals surface area contributed by atoms with E-state index in [4.69, 9.17) is 0 Å². The predicted molar refractivity (Wildman–Crippen MR) is 132 cm³/mol. The third-order valence-corrected chi connectivity index (χ3v) is 13.3. The lowest BCUT2D eigenvalue weighted by Crippen LogP contribution is -2.57. The largest absolute Gasteiger partial charge is 0.393 e. The fraction of sp³-hybridized carbons (Fsp3) is 0.933. The molecule has 5 fully saturated rings. The summed E-state index contributed by atoms with van der Waals surface area (Å²) in [5.41, 5.74) is 3.03. The fourth-order valence-corrected chi connectivity index (χ4v) is 11.2. The minimum atomic E-state index is -0.334. The maximum atomic E-state index is 10.8. The highest BCUT2D eigenvalue weighted by Crippen LogP contribution is 2.89. The van der Waals surface area contributed by atoms with Gasteiger partial charge in [-0.3, -0.25) is 0 Å². The molecule has 2 N–H and O–H groups in total. The molecule has 0 aliphatic heterocycles. The lowest BCUT2D eigenvalue weighted by Gasteiger charge is -2.63. The van der Waals surface area contributed by atoms with Gasteiger partial charge in [-0.2, -0.15) is 0 Å². The molecule has 0 saturated heterocycles. The van der Waals surface area contributed by atoms with Crippen molar-refractivity contribution in [2.24, 2.45) is 50.7 Å². The first-order valence-electron chi connectivity index (χ1n) is 13.9. The Hall–Kier alpha value is -0.340. The molecule has 2 nitrogen and oxygen atoms in total. The summed E-state index contributed by atoms with van der Waals surface area (Å²) in [4.78, 5) is 0. The Bertz CT molecular complexity index is 786. The summed E-state index contributed by atoms with van der Waals surface area (Å²) in [5, 5.41) is 21.2. The molecule has 182 valence electrons. The van der Waals surface area contributed by atoms with E-state index >= 15 is 0 Å². The van der Waals surface area contributed by atoms with Crippen LogP contribution < -0.4 is 0 Å². The summed E-state index contributed by atoms with van der Waals surface area (Å²) in [7, 11) is 0. The predicted octanol–water partition coefficient (Wildman–Crippen LogP) is 7.14. The number of fused-ring (bicyclic) bond motifs is 2. The van der Waals surface area contributed by atoms with Gasteiger partial charge in [0.25, 0.3) is 0 Å². The molecule has 5 aliphatic carbocycles. The first kappa shape index (κ1) is 23.4. The molecule has 5 aliphatic rings. The Kier molecular flexibility index (Phi) is 5.19. The van der Waals surface area contributed by atoms with Crippen LogP contribution in [0.5, 0.6) is 0 Å². The van der Waals surface area contributed by atoms with Crippen molar-refractivity contribution in [1.29, 1.82) is 0 Å². The zero-order chi connectivity index (χ0) is 23.3. The van der Waals surface area contributed by atoms with Crippen LogP contribution in [0.2, 0.25) is 0 Å². The molecule has 10 atom stereocenters. The van der Waals surface area contributed by atoms with E-state index in [1.54, 1.807) is 0 Å². The van der Waals surface area contributed by atoms with Crippen LogP contribution in [-0.2, 0) is 0 Å². The van der Waals surface area contributed by atoms with E-state index in [-0.39, 0.29) is 17.6 Å². The van der Waals surface area contributed by atoms with Crippen LogP contribution in [-0.4, -0.2) is 22.4 Å². The van der Waals surface area contributed by atoms with Crippen LogP contribution in [0.25, 0.3) is 0 Å². The Labute approximate surface area is 197 Å². The van der Waals surface area contributed by atoms with Crippen LogP contribution in [0.15, 0.2) is 12.2 Å². The molecule has 0 aromatic carbocycles. The maximum Gasteiger partial charge on any atom is 0.0744 e. The second-order valence-corrected chi connectivity index (χ2v) is 14.4. The first-order valence-corrected chi connectivity index (χ1v) is 13.9. The van der Waals surface area contributed by atoms with Crippen molar-refractivity contribution >= 4 is 0 Å². The van der Waals surface area contributed by atoms with Gasteiger partial charge in [0, 0.05) is 0 Å².